The third kappa shape index (κ3) is 2.78. The van der Waals surface area contributed by atoms with Crippen molar-refractivity contribution in [3.8, 4) is 0 Å². The van der Waals surface area contributed by atoms with Gasteiger partial charge in [-0.2, -0.15) is 0 Å². The van der Waals surface area contributed by atoms with Crippen molar-refractivity contribution in [3.63, 3.8) is 0 Å². The zero-order valence-corrected chi connectivity index (χ0v) is 14.2. The van der Waals surface area contributed by atoms with E-state index in [9.17, 15) is 0 Å². The van der Waals surface area contributed by atoms with Gasteiger partial charge in [-0.15, -0.1) is 0 Å². The lowest BCUT2D eigenvalue weighted by molar-refractivity contribution is 0.464. The number of hydrogen-bond donors (Lipinski definition) is 0. The second-order valence-electron chi connectivity index (χ2n) is 6.98. The molecular formula is C24H24. The molecule has 0 saturated carbocycles. The summed E-state index contributed by atoms with van der Waals surface area (Å²) in [5, 5.41) is 0. The van der Waals surface area contributed by atoms with Crippen LogP contribution in [0.4, 0.5) is 0 Å². The fourth-order valence-corrected chi connectivity index (χ4v) is 4.36. The molecule has 0 aliphatic heterocycles. The summed E-state index contributed by atoms with van der Waals surface area (Å²) in [6.07, 6.45) is 2.50. The van der Waals surface area contributed by atoms with Gasteiger partial charge in [-0.1, -0.05) is 91.9 Å². The molecule has 0 radical (unpaired) electrons. The lowest BCUT2D eigenvalue weighted by Crippen LogP contribution is -2.19. The van der Waals surface area contributed by atoms with Crippen LogP contribution in [0.1, 0.15) is 59.8 Å². The normalized spacial score (nSPS) is 21.0. The minimum Gasteiger partial charge on any atom is -0.0622 e. The van der Waals surface area contributed by atoms with Gasteiger partial charge in [0.05, 0.1) is 0 Å². The lowest BCUT2D eigenvalue weighted by Gasteiger charge is -2.35. The lowest BCUT2D eigenvalue weighted by atomic mass is 9.69. The Morgan fingerprint density at radius 1 is 0.667 bits per heavy atom. The average molecular weight is 312 g/mol. The number of rotatable bonds is 3. The fourth-order valence-electron chi connectivity index (χ4n) is 4.36. The molecule has 0 heteroatoms. The molecule has 24 heavy (non-hydrogen) atoms. The van der Waals surface area contributed by atoms with Gasteiger partial charge in [0.15, 0.2) is 0 Å². The van der Waals surface area contributed by atoms with Crippen molar-refractivity contribution in [2.24, 2.45) is 0 Å². The molecule has 1 aliphatic rings. The molecule has 120 valence electrons. The maximum Gasteiger partial charge on any atom is 0.00924 e. The van der Waals surface area contributed by atoms with Crippen LogP contribution in [0.25, 0.3) is 0 Å². The zero-order chi connectivity index (χ0) is 16.4. The Labute approximate surface area is 145 Å². The molecule has 0 amide bonds. The van der Waals surface area contributed by atoms with Crippen LogP contribution in [0.2, 0.25) is 0 Å². The first-order valence-electron chi connectivity index (χ1n) is 9.03. The van der Waals surface area contributed by atoms with E-state index in [-0.39, 0.29) is 0 Å². The van der Waals surface area contributed by atoms with Gasteiger partial charge in [0.1, 0.15) is 0 Å². The summed E-state index contributed by atoms with van der Waals surface area (Å²) in [5.74, 6) is 1.72. The van der Waals surface area contributed by atoms with Crippen molar-refractivity contribution in [2.45, 2.75) is 37.5 Å². The summed E-state index contributed by atoms with van der Waals surface area (Å²) in [6.45, 7) is 2.39. The fraction of sp³-hybridized carbons (Fsp3) is 0.250. The standard InChI is InChI=1S/C24H24/c1-18(19-10-4-2-5-11-19)21-16-17-22(20-12-6-3-7-13-20)24-15-9-8-14-23(21)24/h2-15,18,21-22H,16-17H2,1H3/t18?,21-,22+/m1/s1. The minimum absolute atomic E-state index is 0.543. The van der Waals surface area contributed by atoms with Crippen LogP contribution in [0.3, 0.4) is 0 Å². The number of hydrogen-bond acceptors (Lipinski definition) is 0. The third-order valence-electron chi connectivity index (χ3n) is 5.67. The van der Waals surface area contributed by atoms with Crippen LogP contribution in [-0.2, 0) is 0 Å². The van der Waals surface area contributed by atoms with Crippen LogP contribution in [-0.4, -0.2) is 0 Å². The first-order valence-corrected chi connectivity index (χ1v) is 9.03. The summed E-state index contributed by atoms with van der Waals surface area (Å²) >= 11 is 0. The Bertz CT molecular complexity index is 789. The molecule has 3 aromatic rings. The highest BCUT2D eigenvalue weighted by atomic mass is 14.3. The predicted octanol–water partition coefficient (Wildman–Crippen LogP) is 6.50. The zero-order valence-electron chi connectivity index (χ0n) is 14.2. The Morgan fingerprint density at radius 2 is 1.25 bits per heavy atom. The van der Waals surface area contributed by atoms with Gasteiger partial charge in [-0.05, 0) is 46.9 Å². The Kier molecular flexibility index (Phi) is 4.21. The van der Waals surface area contributed by atoms with E-state index in [2.05, 4.69) is 91.9 Å². The van der Waals surface area contributed by atoms with Crippen LogP contribution in [0.15, 0.2) is 84.9 Å². The van der Waals surface area contributed by atoms with Crippen molar-refractivity contribution in [1.82, 2.24) is 0 Å². The molecule has 1 unspecified atom stereocenters. The van der Waals surface area contributed by atoms with E-state index in [0.29, 0.717) is 17.8 Å². The molecule has 0 heterocycles. The number of fused-ring (bicyclic) bond motifs is 1. The molecule has 0 saturated heterocycles. The predicted molar refractivity (Wildman–Crippen MR) is 102 cm³/mol. The Morgan fingerprint density at radius 3 is 1.96 bits per heavy atom. The van der Waals surface area contributed by atoms with Gasteiger partial charge in [0, 0.05) is 5.92 Å². The molecular weight excluding hydrogens is 288 g/mol. The highest BCUT2D eigenvalue weighted by Gasteiger charge is 2.31. The topological polar surface area (TPSA) is 0 Å². The molecule has 0 spiro atoms. The van der Waals surface area contributed by atoms with E-state index < -0.39 is 0 Å². The number of benzene rings is 3. The van der Waals surface area contributed by atoms with Crippen LogP contribution < -0.4 is 0 Å². The summed E-state index contributed by atoms with van der Waals surface area (Å²) in [5.41, 5.74) is 5.99. The van der Waals surface area contributed by atoms with Gasteiger partial charge in [-0.25, -0.2) is 0 Å². The van der Waals surface area contributed by atoms with E-state index in [1.165, 1.54) is 29.5 Å². The highest BCUT2D eigenvalue weighted by molar-refractivity contribution is 5.43. The SMILES string of the molecule is CC(c1ccccc1)[C@H]1CC[C@@H](c2ccccc2)c2ccccc21. The monoisotopic (exact) mass is 312 g/mol. The first-order chi connectivity index (χ1) is 11.8. The van der Waals surface area contributed by atoms with Crippen molar-refractivity contribution in [1.29, 1.82) is 0 Å². The molecule has 3 atom stereocenters. The quantitative estimate of drug-likeness (QED) is 0.518. The molecule has 4 rings (SSSR count). The van der Waals surface area contributed by atoms with Crippen molar-refractivity contribution < 1.29 is 0 Å². The Balaban J connectivity index is 1.72. The smallest absolute Gasteiger partial charge is 0.00924 e. The van der Waals surface area contributed by atoms with Gasteiger partial charge in [0.2, 0.25) is 0 Å². The van der Waals surface area contributed by atoms with Gasteiger partial charge in [0.25, 0.3) is 0 Å². The van der Waals surface area contributed by atoms with E-state index in [1.807, 2.05) is 0 Å². The van der Waals surface area contributed by atoms with E-state index in [0.717, 1.165) is 0 Å². The molecule has 0 fully saturated rings. The maximum atomic E-state index is 2.39. The average Bonchev–Trinajstić information content (AvgIpc) is 2.68. The van der Waals surface area contributed by atoms with Crippen LogP contribution >= 0.6 is 0 Å². The van der Waals surface area contributed by atoms with Crippen LogP contribution in [0, 0.1) is 0 Å². The third-order valence-corrected chi connectivity index (χ3v) is 5.67. The van der Waals surface area contributed by atoms with Gasteiger partial charge in [-0.3, -0.25) is 0 Å². The van der Waals surface area contributed by atoms with Gasteiger partial charge < -0.3 is 0 Å². The second-order valence-corrected chi connectivity index (χ2v) is 6.98. The largest absolute Gasteiger partial charge is 0.0622 e. The summed E-state index contributed by atoms with van der Waals surface area (Å²) in [4.78, 5) is 0. The van der Waals surface area contributed by atoms with Crippen molar-refractivity contribution in [2.75, 3.05) is 0 Å². The Hall–Kier alpha value is -2.34. The van der Waals surface area contributed by atoms with E-state index in [4.69, 9.17) is 0 Å². The molecule has 0 N–H and O–H groups in total. The molecule has 3 aromatic carbocycles. The molecule has 1 aliphatic carbocycles. The summed E-state index contributed by atoms with van der Waals surface area (Å²) in [7, 11) is 0. The first kappa shape index (κ1) is 15.2. The van der Waals surface area contributed by atoms with E-state index >= 15 is 0 Å². The maximum absolute atomic E-state index is 2.39. The highest BCUT2D eigenvalue weighted by Crippen LogP contribution is 2.47. The van der Waals surface area contributed by atoms with Crippen LogP contribution in [0.5, 0.6) is 0 Å². The van der Waals surface area contributed by atoms with Gasteiger partial charge >= 0.3 is 0 Å². The van der Waals surface area contributed by atoms with Crippen molar-refractivity contribution >= 4 is 0 Å². The van der Waals surface area contributed by atoms with Crippen molar-refractivity contribution in [3.05, 3.63) is 107 Å². The second kappa shape index (κ2) is 6.65. The summed E-state index contributed by atoms with van der Waals surface area (Å²) < 4.78 is 0. The minimum atomic E-state index is 0.543. The summed E-state index contributed by atoms with van der Waals surface area (Å²) in [6, 6.07) is 31.1. The molecule has 0 bridgehead atoms. The molecule has 0 nitrogen and oxygen atoms in total. The molecule has 0 aromatic heterocycles. The van der Waals surface area contributed by atoms with E-state index in [1.54, 1.807) is 5.56 Å².